The van der Waals surface area contributed by atoms with Gasteiger partial charge in [0.05, 0.1) is 5.69 Å². The van der Waals surface area contributed by atoms with E-state index in [1.165, 1.54) is 6.07 Å². The number of hydrogen-bond donors (Lipinski definition) is 2. The first kappa shape index (κ1) is 13.3. The van der Waals surface area contributed by atoms with Crippen LogP contribution in [0.4, 0.5) is 10.1 Å². The van der Waals surface area contributed by atoms with Crippen molar-refractivity contribution in [2.45, 2.75) is 33.7 Å². The molecule has 0 spiro atoms. The topological polar surface area (TPSA) is 38.0 Å². The minimum absolute atomic E-state index is 0.168. The second-order valence-corrected chi connectivity index (χ2v) is 6.52. The lowest BCUT2D eigenvalue weighted by Crippen LogP contribution is -2.13. The first-order valence-corrected chi connectivity index (χ1v) is 6.44. The van der Waals surface area contributed by atoms with Crippen LogP contribution in [0.2, 0.25) is 0 Å². The van der Waals surface area contributed by atoms with E-state index in [-0.39, 0.29) is 27.7 Å². The summed E-state index contributed by atoms with van der Waals surface area (Å²) >= 11 is 4.83. The van der Waals surface area contributed by atoms with Gasteiger partial charge < -0.3 is 11.1 Å². The van der Waals surface area contributed by atoms with E-state index in [1.807, 2.05) is 0 Å². The van der Waals surface area contributed by atoms with Gasteiger partial charge in [0.25, 0.3) is 0 Å². The van der Waals surface area contributed by atoms with E-state index < -0.39 is 0 Å². The molecule has 0 radical (unpaired) electrons. The highest BCUT2D eigenvalue weighted by atomic mass is 32.1. The lowest BCUT2D eigenvalue weighted by atomic mass is 10.0. The molecule has 0 unspecified atom stereocenters. The summed E-state index contributed by atoms with van der Waals surface area (Å²) in [6.07, 6.45) is 0. The molecule has 0 aliphatic heterocycles. The highest BCUT2D eigenvalue weighted by Gasteiger charge is 2.65. The normalized spacial score (nSPS) is 20.5. The number of benzene rings is 1. The summed E-state index contributed by atoms with van der Waals surface area (Å²) in [5.74, 6) is -0.307. The number of nitrogens with two attached hydrogens (primary N) is 1. The summed E-state index contributed by atoms with van der Waals surface area (Å²) in [5, 5.41) is 3.27. The Bertz CT molecular complexity index is 495. The standard InChI is InChI=1S/C14H19FN2S/c1-13(2)12(14(13,3)4)17-10-6-5-8(11(16)18)7-9(10)15/h5-7,12,17H,1-4H3,(H2,16,18). The summed E-state index contributed by atoms with van der Waals surface area (Å²) in [7, 11) is 0. The molecular weight excluding hydrogens is 247 g/mol. The van der Waals surface area contributed by atoms with E-state index in [4.69, 9.17) is 18.0 Å². The van der Waals surface area contributed by atoms with Crippen LogP contribution in [0.15, 0.2) is 18.2 Å². The molecule has 3 N–H and O–H groups in total. The highest BCUT2D eigenvalue weighted by molar-refractivity contribution is 7.80. The Morgan fingerprint density at radius 2 is 1.83 bits per heavy atom. The van der Waals surface area contributed by atoms with Crippen LogP contribution in [0.3, 0.4) is 0 Å². The molecule has 2 rings (SSSR count). The number of hydrogen-bond acceptors (Lipinski definition) is 2. The van der Waals surface area contributed by atoms with Crippen LogP contribution in [0.25, 0.3) is 0 Å². The molecule has 0 atom stereocenters. The molecular formula is C14H19FN2S. The van der Waals surface area contributed by atoms with Gasteiger partial charge in [-0.3, -0.25) is 0 Å². The molecule has 0 aromatic heterocycles. The molecule has 4 heteroatoms. The fourth-order valence-corrected chi connectivity index (χ4v) is 2.63. The second kappa shape index (κ2) is 3.92. The Morgan fingerprint density at radius 3 is 2.22 bits per heavy atom. The van der Waals surface area contributed by atoms with Crippen molar-refractivity contribution in [1.82, 2.24) is 0 Å². The lowest BCUT2D eigenvalue weighted by molar-refractivity contribution is 0.457. The van der Waals surface area contributed by atoms with Gasteiger partial charge in [-0.05, 0) is 29.0 Å². The SMILES string of the molecule is CC1(C)C(Nc2ccc(C(N)=S)cc2F)C1(C)C. The third-order valence-electron chi connectivity index (χ3n) is 4.57. The van der Waals surface area contributed by atoms with Gasteiger partial charge in [-0.15, -0.1) is 0 Å². The van der Waals surface area contributed by atoms with Crippen molar-refractivity contribution >= 4 is 22.9 Å². The Morgan fingerprint density at radius 1 is 1.28 bits per heavy atom. The molecule has 0 heterocycles. The molecule has 1 saturated carbocycles. The monoisotopic (exact) mass is 266 g/mol. The van der Waals surface area contributed by atoms with Crippen molar-refractivity contribution in [3.63, 3.8) is 0 Å². The van der Waals surface area contributed by atoms with Gasteiger partial charge in [0.2, 0.25) is 0 Å². The summed E-state index contributed by atoms with van der Waals surface area (Å²) < 4.78 is 13.9. The molecule has 98 valence electrons. The van der Waals surface area contributed by atoms with E-state index in [2.05, 4.69) is 33.0 Å². The average Bonchev–Trinajstić information content (AvgIpc) is 2.63. The molecule has 1 aliphatic carbocycles. The highest BCUT2D eigenvalue weighted by Crippen LogP contribution is 2.63. The molecule has 0 amide bonds. The van der Waals surface area contributed by atoms with Crippen LogP contribution < -0.4 is 11.1 Å². The van der Waals surface area contributed by atoms with E-state index in [9.17, 15) is 4.39 Å². The van der Waals surface area contributed by atoms with Gasteiger partial charge in [-0.25, -0.2) is 4.39 Å². The number of nitrogens with one attached hydrogen (secondary N) is 1. The van der Waals surface area contributed by atoms with Crippen LogP contribution in [-0.2, 0) is 0 Å². The fraction of sp³-hybridized carbons (Fsp3) is 0.500. The number of halogens is 1. The van der Waals surface area contributed by atoms with Crippen molar-refractivity contribution in [1.29, 1.82) is 0 Å². The Hall–Kier alpha value is -1.16. The van der Waals surface area contributed by atoms with Crippen LogP contribution >= 0.6 is 12.2 Å². The van der Waals surface area contributed by atoms with Gasteiger partial charge >= 0.3 is 0 Å². The molecule has 1 aromatic rings. The first-order valence-electron chi connectivity index (χ1n) is 6.04. The molecule has 0 bridgehead atoms. The number of anilines is 1. The largest absolute Gasteiger partial charge is 0.389 e. The average molecular weight is 266 g/mol. The zero-order valence-corrected chi connectivity index (χ0v) is 12.0. The molecule has 1 aromatic carbocycles. The Labute approximate surface area is 113 Å². The number of thiocarbonyl (C=S) groups is 1. The summed E-state index contributed by atoms with van der Waals surface area (Å²) in [4.78, 5) is 0.215. The molecule has 18 heavy (non-hydrogen) atoms. The third kappa shape index (κ3) is 1.88. The van der Waals surface area contributed by atoms with Crippen molar-refractivity contribution in [3.8, 4) is 0 Å². The predicted octanol–water partition coefficient (Wildman–Crippen LogP) is 3.31. The maximum atomic E-state index is 13.9. The first-order chi connectivity index (χ1) is 8.18. The zero-order valence-electron chi connectivity index (χ0n) is 11.2. The van der Waals surface area contributed by atoms with Gasteiger partial charge in [0.15, 0.2) is 0 Å². The second-order valence-electron chi connectivity index (χ2n) is 6.08. The smallest absolute Gasteiger partial charge is 0.146 e. The third-order valence-corrected chi connectivity index (χ3v) is 4.81. The van der Waals surface area contributed by atoms with Crippen LogP contribution in [-0.4, -0.2) is 11.0 Å². The Balaban J connectivity index is 2.20. The molecule has 1 fully saturated rings. The summed E-state index contributed by atoms with van der Waals surface area (Å²) in [6.45, 7) is 8.75. The van der Waals surface area contributed by atoms with Crippen molar-refractivity contribution in [2.75, 3.05) is 5.32 Å². The quantitative estimate of drug-likeness (QED) is 0.824. The van der Waals surface area contributed by atoms with Crippen molar-refractivity contribution in [3.05, 3.63) is 29.6 Å². The van der Waals surface area contributed by atoms with E-state index in [0.717, 1.165) is 0 Å². The van der Waals surface area contributed by atoms with Gasteiger partial charge in [0, 0.05) is 11.6 Å². The van der Waals surface area contributed by atoms with Crippen LogP contribution in [0.5, 0.6) is 0 Å². The minimum Gasteiger partial charge on any atom is -0.389 e. The molecule has 2 nitrogen and oxygen atoms in total. The van der Waals surface area contributed by atoms with Crippen LogP contribution in [0.1, 0.15) is 33.3 Å². The van der Waals surface area contributed by atoms with E-state index in [0.29, 0.717) is 11.3 Å². The molecule has 1 aliphatic rings. The van der Waals surface area contributed by atoms with Crippen molar-refractivity contribution in [2.24, 2.45) is 16.6 Å². The maximum absolute atomic E-state index is 13.9. The van der Waals surface area contributed by atoms with Crippen molar-refractivity contribution < 1.29 is 4.39 Å². The van der Waals surface area contributed by atoms with Crippen LogP contribution in [0, 0.1) is 16.6 Å². The summed E-state index contributed by atoms with van der Waals surface area (Å²) in [5.41, 5.74) is 6.88. The van der Waals surface area contributed by atoms with E-state index >= 15 is 0 Å². The number of rotatable bonds is 3. The van der Waals surface area contributed by atoms with Gasteiger partial charge in [-0.2, -0.15) is 0 Å². The predicted molar refractivity (Wildman–Crippen MR) is 77.3 cm³/mol. The minimum atomic E-state index is -0.307. The van der Waals surface area contributed by atoms with E-state index in [1.54, 1.807) is 12.1 Å². The van der Waals surface area contributed by atoms with Gasteiger partial charge in [0.1, 0.15) is 10.8 Å². The molecule has 0 saturated heterocycles. The zero-order chi connectivity index (χ0) is 13.7. The fourth-order valence-electron chi connectivity index (χ4n) is 2.50. The maximum Gasteiger partial charge on any atom is 0.146 e. The lowest BCUT2D eigenvalue weighted by Gasteiger charge is -2.10. The Kier molecular flexibility index (Phi) is 2.89. The summed E-state index contributed by atoms with van der Waals surface area (Å²) in [6, 6.07) is 5.10. The van der Waals surface area contributed by atoms with Gasteiger partial charge in [-0.1, -0.05) is 39.9 Å².